The second-order valence-electron chi connectivity index (χ2n) is 20.7. The quantitative estimate of drug-likeness (QED) is 0.146. The minimum atomic E-state index is -0.757. The van der Waals surface area contributed by atoms with E-state index in [4.69, 9.17) is 10.7 Å². The molecular formula is C54H66N10O4. The highest BCUT2D eigenvalue weighted by Crippen LogP contribution is 2.44. The van der Waals surface area contributed by atoms with Crippen LogP contribution in [0.3, 0.4) is 0 Å². The lowest BCUT2D eigenvalue weighted by atomic mass is 9.85. The van der Waals surface area contributed by atoms with Gasteiger partial charge in [-0.15, -0.1) is 0 Å². The van der Waals surface area contributed by atoms with Crippen molar-refractivity contribution in [1.29, 1.82) is 0 Å². The van der Waals surface area contributed by atoms with Crippen LogP contribution in [-0.2, 0) is 33.4 Å². The van der Waals surface area contributed by atoms with Crippen molar-refractivity contribution in [2.45, 2.75) is 102 Å². The third-order valence-electron chi connectivity index (χ3n) is 16.1. The summed E-state index contributed by atoms with van der Waals surface area (Å²) in [5.74, 6) is 0.911. The number of nitrogen functional groups attached to an aromatic ring is 1. The predicted octanol–water partition coefficient (Wildman–Crippen LogP) is 6.65. The maximum atomic E-state index is 13.8. The van der Waals surface area contributed by atoms with Gasteiger partial charge in [0.25, 0.3) is 5.91 Å². The average molecular weight is 919 g/mol. The van der Waals surface area contributed by atoms with Crippen molar-refractivity contribution in [3.8, 4) is 11.1 Å². The molecule has 0 saturated carbocycles. The number of rotatable bonds is 10. The fraction of sp³-hybridized carbons (Fsp3) is 0.481. The number of pyridine rings is 2. The molecule has 0 unspecified atom stereocenters. The van der Waals surface area contributed by atoms with Crippen molar-refractivity contribution in [3.63, 3.8) is 0 Å². The van der Waals surface area contributed by atoms with Crippen LogP contribution in [0.15, 0.2) is 79.1 Å². The zero-order chi connectivity index (χ0) is 47.4. The normalized spacial score (nSPS) is 22.8. The van der Waals surface area contributed by atoms with Crippen molar-refractivity contribution < 1.29 is 19.2 Å². The molecule has 0 bridgehead atoms. The SMILES string of the molecule is C[C@H]1CN(Cc2ccc3c(c2)C(C)(C)C(=O)N3[C@@H]2CCC(=O)NC2=O)CCN1CC1CCN(C(=O)c2ccc(C3CCN([C@@H](C)c4cc5c(-c6ccc(N)nc6)ccnc5n4C)CC3)cc2)CC1. The molecular weight excluding hydrogens is 853 g/mol. The van der Waals surface area contributed by atoms with E-state index in [1.54, 1.807) is 4.90 Å². The van der Waals surface area contributed by atoms with E-state index in [0.29, 0.717) is 30.1 Å². The number of piperidine rings is 3. The highest BCUT2D eigenvalue weighted by molar-refractivity contribution is 6.13. The predicted molar refractivity (Wildman–Crippen MR) is 265 cm³/mol. The first-order valence-corrected chi connectivity index (χ1v) is 24.8. The smallest absolute Gasteiger partial charge is 0.253 e. The molecule has 68 heavy (non-hydrogen) atoms. The number of carbonyl (C=O) groups is 4. The lowest BCUT2D eigenvalue weighted by Crippen LogP contribution is -2.55. The van der Waals surface area contributed by atoms with E-state index in [1.807, 2.05) is 44.4 Å². The molecule has 5 aliphatic heterocycles. The minimum Gasteiger partial charge on any atom is -0.384 e. The first kappa shape index (κ1) is 45.8. The summed E-state index contributed by atoms with van der Waals surface area (Å²) in [7, 11) is 2.11. The molecule has 4 saturated heterocycles. The van der Waals surface area contributed by atoms with Crippen LogP contribution < -0.4 is 16.0 Å². The van der Waals surface area contributed by atoms with Gasteiger partial charge in [-0.2, -0.15) is 0 Å². The van der Waals surface area contributed by atoms with E-state index in [2.05, 4.69) is 104 Å². The summed E-state index contributed by atoms with van der Waals surface area (Å²) in [5, 5.41) is 3.54. The Morgan fingerprint density at radius 1 is 0.882 bits per heavy atom. The number of piperazine rings is 1. The number of aromatic nitrogens is 3. The van der Waals surface area contributed by atoms with Crippen LogP contribution >= 0.6 is 0 Å². The molecule has 10 rings (SSSR count). The topological polar surface area (TPSA) is 153 Å². The largest absolute Gasteiger partial charge is 0.384 e. The standard InChI is InChI=1S/C54H66N10O4/c1-34-31-60(32-37-6-12-45-44(28-37)54(3,4)53(68)64(45)46-13-15-49(65)58-51(46)66)26-27-63(34)33-36-17-22-62(23-18-36)52(67)40-9-7-38(8-10-40)39-19-24-61(25-20-39)35(2)47-29-43-42(16-21-56-50(43)59(47)5)41-11-14-48(55)57-30-41/h6-12,14,16,21,28-30,34-36,39,46H,13,15,17-20,22-27,31-33H2,1-5H3,(H2,55,57)(H,58,65,66)/t34-,35-,46+/m0/s1. The molecule has 3 aromatic heterocycles. The molecule has 356 valence electrons. The van der Waals surface area contributed by atoms with Crippen LogP contribution in [0, 0.1) is 5.92 Å². The first-order chi connectivity index (χ1) is 32.7. The Morgan fingerprint density at radius 3 is 2.35 bits per heavy atom. The number of hydrogen-bond donors (Lipinski definition) is 2. The van der Waals surface area contributed by atoms with Crippen LogP contribution in [0.4, 0.5) is 11.5 Å². The van der Waals surface area contributed by atoms with Crippen molar-refractivity contribution in [2.75, 3.05) is 63.0 Å². The Balaban J connectivity index is 0.678. The van der Waals surface area contributed by atoms with Gasteiger partial charge in [-0.25, -0.2) is 9.97 Å². The van der Waals surface area contributed by atoms with Gasteiger partial charge in [-0.1, -0.05) is 24.3 Å². The van der Waals surface area contributed by atoms with Gasteiger partial charge in [-0.3, -0.25) is 44.1 Å². The number of benzene rings is 2. The zero-order valence-corrected chi connectivity index (χ0v) is 40.3. The maximum absolute atomic E-state index is 13.8. The first-order valence-electron chi connectivity index (χ1n) is 24.8. The van der Waals surface area contributed by atoms with Crippen LogP contribution in [0.5, 0.6) is 0 Å². The third kappa shape index (κ3) is 8.71. The Kier molecular flexibility index (Phi) is 12.5. The van der Waals surface area contributed by atoms with E-state index in [-0.39, 0.29) is 30.2 Å². The van der Waals surface area contributed by atoms with Crippen molar-refractivity contribution in [1.82, 2.24) is 39.5 Å². The van der Waals surface area contributed by atoms with E-state index in [0.717, 1.165) is 129 Å². The second kappa shape index (κ2) is 18.5. The number of likely N-dealkylation sites (tertiary alicyclic amines) is 2. The summed E-state index contributed by atoms with van der Waals surface area (Å²) in [4.78, 5) is 72.4. The minimum absolute atomic E-state index is 0.0967. The number of aryl methyl sites for hydroxylation is 1. The fourth-order valence-corrected chi connectivity index (χ4v) is 11.9. The number of amides is 4. The summed E-state index contributed by atoms with van der Waals surface area (Å²) in [6.07, 6.45) is 8.46. The zero-order valence-electron chi connectivity index (χ0n) is 40.3. The Labute approximate surface area is 399 Å². The van der Waals surface area contributed by atoms with Crippen molar-refractivity contribution in [2.24, 2.45) is 13.0 Å². The number of fused-ring (bicyclic) bond motifs is 2. The number of imide groups is 1. The van der Waals surface area contributed by atoms with Crippen molar-refractivity contribution in [3.05, 3.63) is 107 Å². The van der Waals surface area contributed by atoms with Gasteiger partial charge in [0, 0.05) is 112 Å². The average Bonchev–Trinajstić information content (AvgIpc) is 3.78. The van der Waals surface area contributed by atoms with Crippen LogP contribution in [0.25, 0.3) is 22.2 Å². The van der Waals surface area contributed by atoms with Gasteiger partial charge in [0.2, 0.25) is 17.7 Å². The second-order valence-corrected chi connectivity index (χ2v) is 20.7. The summed E-state index contributed by atoms with van der Waals surface area (Å²) in [6.45, 7) is 16.9. The molecule has 0 spiro atoms. The van der Waals surface area contributed by atoms with Gasteiger partial charge >= 0.3 is 0 Å². The van der Waals surface area contributed by atoms with E-state index >= 15 is 0 Å². The number of hydrogen-bond acceptors (Lipinski definition) is 10. The molecule has 5 aromatic rings. The molecule has 5 aliphatic rings. The fourth-order valence-electron chi connectivity index (χ4n) is 11.9. The third-order valence-corrected chi connectivity index (χ3v) is 16.1. The summed E-state index contributed by atoms with van der Waals surface area (Å²) < 4.78 is 2.23. The van der Waals surface area contributed by atoms with E-state index < -0.39 is 17.4 Å². The number of nitrogens with zero attached hydrogens (tertiary/aromatic N) is 8. The summed E-state index contributed by atoms with van der Waals surface area (Å²) >= 11 is 0. The van der Waals surface area contributed by atoms with E-state index in [9.17, 15) is 19.2 Å². The Hall–Kier alpha value is -5.96. The van der Waals surface area contributed by atoms with Gasteiger partial charge in [0.1, 0.15) is 17.5 Å². The monoisotopic (exact) mass is 919 g/mol. The maximum Gasteiger partial charge on any atom is 0.253 e. The summed E-state index contributed by atoms with van der Waals surface area (Å²) in [6, 6.07) is 22.9. The number of carbonyl (C=O) groups excluding carboxylic acids is 4. The van der Waals surface area contributed by atoms with Crippen LogP contribution in [0.1, 0.15) is 111 Å². The van der Waals surface area contributed by atoms with Crippen molar-refractivity contribution >= 4 is 46.2 Å². The molecule has 14 heteroatoms. The molecule has 2 aromatic carbocycles. The molecule has 0 aliphatic carbocycles. The van der Waals surface area contributed by atoms with Crippen LogP contribution in [-0.4, -0.2) is 122 Å². The Bertz CT molecular complexity index is 2720. The van der Waals surface area contributed by atoms with Gasteiger partial charge in [0.05, 0.1) is 5.41 Å². The van der Waals surface area contributed by atoms with Gasteiger partial charge < -0.3 is 15.2 Å². The van der Waals surface area contributed by atoms with E-state index in [1.165, 1.54) is 11.3 Å². The molecule has 8 heterocycles. The van der Waals surface area contributed by atoms with Gasteiger partial charge in [-0.05, 0) is 149 Å². The molecule has 0 radical (unpaired) electrons. The number of nitrogens with two attached hydrogens (primary N) is 1. The highest BCUT2D eigenvalue weighted by Gasteiger charge is 2.49. The van der Waals surface area contributed by atoms with Crippen LogP contribution in [0.2, 0.25) is 0 Å². The molecule has 3 N–H and O–H groups in total. The molecule has 3 atom stereocenters. The summed E-state index contributed by atoms with van der Waals surface area (Å²) in [5.41, 5.74) is 14.5. The number of anilines is 2. The number of nitrogens with one attached hydrogen (secondary N) is 1. The molecule has 4 fully saturated rings. The highest BCUT2D eigenvalue weighted by atomic mass is 16.2. The van der Waals surface area contributed by atoms with Gasteiger partial charge in [0.15, 0.2) is 0 Å². The lowest BCUT2D eigenvalue weighted by Gasteiger charge is -2.42. The Morgan fingerprint density at radius 2 is 1.65 bits per heavy atom. The molecule has 14 nitrogen and oxygen atoms in total. The lowest BCUT2D eigenvalue weighted by molar-refractivity contribution is -0.136. The molecule has 4 amide bonds.